The van der Waals surface area contributed by atoms with Crippen molar-refractivity contribution < 1.29 is 41.6 Å². The Labute approximate surface area is 253 Å². The number of ether oxygens (including phenoxy) is 2. The van der Waals surface area contributed by atoms with Crippen molar-refractivity contribution in [1.82, 2.24) is 24.5 Å². The van der Waals surface area contributed by atoms with Gasteiger partial charge in [0.15, 0.2) is 17.5 Å². The molecule has 2 fully saturated rings. The molecule has 16 heteroatoms. The predicted molar refractivity (Wildman–Crippen MR) is 152 cm³/mol. The first-order valence-corrected chi connectivity index (χ1v) is 15.9. The number of aliphatic hydroxyl groups is 2. The summed E-state index contributed by atoms with van der Waals surface area (Å²) in [4.78, 5) is 0. The van der Waals surface area contributed by atoms with Gasteiger partial charge in [-0.15, -0.1) is 5.10 Å². The molecule has 2 saturated heterocycles. The van der Waals surface area contributed by atoms with E-state index in [2.05, 4.69) is 19.8 Å². The van der Waals surface area contributed by atoms with Gasteiger partial charge in [-0.2, -0.15) is 0 Å². The minimum atomic E-state index is -2.45. The van der Waals surface area contributed by atoms with Crippen LogP contribution in [0.5, 0.6) is 0 Å². The van der Waals surface area contributed by atoms with Crippen LogP contribution in [-0.2, 0) is 25.8 Å². The van der Waals surface area contributed by atoms with Gasteiger partial charge in [0.2, 0.25) is 0 Å². The van der Waals surface area contributed by atoms with E-state index in [1.165, 1.54) is 18.0 Å². The van der Waals surface area contributed by atoms with Crippen molar-refractivity contribution in [2.45, 2.75) is 74.7 Å². The first kappa shape index (κ1) is 32.5. The summed E-state index contributed by atoms with van der Waals surface area (Å²) in [5.41, 5.74) is 0.569. The second kappa shape index (κ2) is 13.2. The Morgan fingerprint density at radius 3 is 2.43 bits per heavy atom. The third-order valence-electron chi connectivity index (χ3n) is 8.42. The fourth-order valence-electron chi connectivity index (χ4n) is 6.04. The molecule has 1 unspecified atom stereocenters. The van der Waals surface area contributed by atoms with Crippen LogP contribution in [0.2, 0.25) is 0 Å². The summed E-state index contributed by atoms with van der Waals surface area (Å²) < 4.78 is 79.3. The highest BCUT2D eigenvalue weighted by Gasteiger charge is 2.47. The smallest absolute Gasteiger partial charge is 0.194 e. The Kier molecular flexibility index (Phi) is 9.77. The monoisotopic (exact) mass is 642 g/mol. The average molecular weight is 643 g/mol. The van der Waals surface area contributed by atoms with Crippen LogP contribution in [-0.4, -0.2) is 102 Å². The molecule has 0 radical (unpaired) electrons. The molecule has 2 N–H and O–H groups in total. The summed E-state index contributed by atoms with van der Waals surface area (Å²) >= 11 is 0. The molecule has 44 heavy (non-hydrogen) atoms. The van der Waals surface area contributed by atoms with Crippen LogP contribution in [0.4, 0.5) is 13.2 Å². The zero-order chi connectivity index (χ0) is 31.8. The van der Waals surface area contributed by atoms with Gasteiger partial charge in [0.25, 0.3) is 0 Å². The molecule has 242 valence electrons. The number of methoxy groups -OCH3 is 1. The normalized spacial score (nSPS) is 26.6. The largest absolute Gasteiger partial charge is 0.394 e. The van der Waals surface area contributed by atoms with E-state index in [1.54, 1.807) is 7.05 Å². The topological polar surface area (TPSA) is 148 Å². The van der Waals surface area contributed by atoms with E-state index in [9.17, 15) is 27.6 Å². The average Bonchev–Trinajstić information content (AvgIpc) is 3.70. The van der Waals surface area contributed by atoms with Crippen LogP contribution in [0, 0.1) is 17.5 Å². The number of aliphatic hydroxyl groups excluding tert-OH is 2. The molecule has 0 bridgehead atoms. The van der Waals surface area contributed by atoms with Gasteiger partial charge in [-0.25, -0.2) is 30.7 Å². The van der Waals surface area contributed by atoms with Crippen LogP contribution in [0.15, 0.2) is 33.3 Å². The van der Waals surface area contributed by atoms with Crippen LogP contribution in [0.3, 0.4) is 0 Å². The number of hydrogen-bond donors (Lipinski definition) is 2. The third-order valence-corrected chi connectivity index (χ3v) is 11.3. The van der Waals surface area contributed by atoms with Gasteiger partial charge in [0.1, 0.15) is 45.7 Å². The zero-order valence-corrected chi connectivity index (χ0v) is 25.7. The Morgan fingerprint density at radius 1 is 1.16 bits per heavy atom. The van der Waals surface area contributed by atoms with Gasteiger partial charge in [-0.3, -0.25) is 0 Å². The molecular formula is C28H37F3N6O6S. The molecule has 2 aliphatic rings. The quantitative estimate of drug-likeness (QED) is 0.336. The van der Waals surface area contributed by atoms with E-state index in [1.807, 2.05) is 24.2 Å². The van der Waals surface area contributed by atoms with Crippen LogP contribution in [0.25, 0.3) is 11.3 Å². The second-order valence-electron chi connectivity index (χ2n) is 11.3. The molecule has 2 aliphatic heterocycles. The highest BCUT2D eigenvalue weighted by Crippen LogP contribution is 2.36. The van der Waals surface area contributed by atoms with Crippen molar-refractivity contribution >= 4 is 9.92 Å². The van der Waals surface area contributed by atoms with E-state index in [0.29, 0.717) is 24.5 Å². The summed E-state index contributed by atoms with van der Waals surface area (Å²) in [7, 11) is 0.575. The minimum Gasteiger partial charge on any atom is -0.394 e. The van der Waals surface area contributed by atoms with Crippen LogP contribution < -0.4 is 0 Å². The lowest BCUT2D eigenvalue weighted by molar-refractivity contribution is -0.212. The first-order chi connectivity index (χ1) is 21.0. The summed E-state index contributed by atoms with van der Waals surface area (Å²) in [6.45, 7) is 4.53. The van der Waals surface area contributed by atoms with Crippen LogP contribution in [0.1, 0.15) is 50.1 Å². The standard InChI is InChI=1S/C28H37F3N6O6S/c1-15(2)44(40,32-3)36-7-5-16(6-8-36)22-11-18(34-43-22)12-23-28(41-4)26(27(39)24(14-38)42-23)37-13-21(33-35-37)17-9-19(29)25(31)20(30)10-17/h9-11,13,15-16,23-24,26-28,38-39H,5-8,12,14H2,1-4H3/t23-,24-,26+,27+,28+,44?/m1/s1. The van der Waals surface area contributed by atoms with Gasteiger partial charge in [-0.05, 0) is 38.8 Å². The zero-order valence-electron chi connectivity index (χ0n) is 24.8. The maximum Gasteiger partial charge on any atom is 0.194 e. The Balaban J connectivity index is 1.32. The molecule has 3 aromatic rings. The van der Waals surface area contributed by atoms with E-state index in [0.717, 1.165) is 25.0 Å². The van der Waals surface area contributed by atoms with E-state index < -0.39 is 64.4 Å². The Morgan fingerprint density at radius 2 is 1.84 bits per heavy atom. The molecule has 0 spiro atoms. The number of nitrogens with zero attached hydrogens (tertiary/aromatic N) is 6. The highest BCUT2D eigenvalue weighted by atomic mass is 32.2. The first-order valence-electron chi connectivity index (χ1n) is 14.4. The lowest BCUT2D eigenvalue weighted by Gasteiger charge is -2.43. The number of halogens is 3. The molecule has 5 rings (SSSR count). The van der Waals surface area contributed by atoms with Gasteiger partial charge in [0.05, 0.1) is 29.9 Å². The Bertz CT molecular complexity index is 1550. The number of hydrogen-bond acceptors (Lipinski definition) is 10. The molecule has 12 nitrogen and oxygen atoms in total. The highest BCUT2D eigenvalue weighted by molar-refractivity contribution is 7.91. The lowest BCUT2D eigenvalue weighted by Crippen LogP contribution is -2.57. The molecule has 0 aliphatic carbocycles. The summed E-state index contributed by atoms with van der Waals surface area (Å²) in [6.07, 6.45) is -0.793. The maximum atomic E-state index is 13.8. The van der Waals surface area contributed by atoms with Crippen LogP contribution >= 0.6 is 0 Å². The lowest BCUT2D eigenvalue weighted by atomic mass is 9.90. The summed E-state index contributed by atoms with van der Waals surface area (Å²) in [6, 6.07) is 2.53. The Hall–Kier alpha value is -2.89. The molecule has 6 atom stereocenters. The van der Waals surface area contributed by atoms with Crippen molar-refractivity contribution in [2.75, 3.05) is 33.9 Å². The van der Waals surface area contributed by atoms with Crippen molar-refractivity contribution in [2.24, 2.45) is 4.36 Å². The number of piperidine rings is 1. The molecule has 4 heterocycles. The summed E-state index contributed by atoms with van der Waals surface area (Å²) in [5, 5.41) is 33.2. The minimum absolute atomic E-state index is 0.0393. The molecule has 0 saturated carbocycles. The second-order valence-corrected chi connectivity index (χ2v) is 14.2. The van der Waals surface area contributed by atoms with Crippen molar-refractivity contribution in [1.29, 1.82) is 0 Å². The van der Waals surface area contributed by atoms with Crippen molar-refractivity contribution in [3.05, 3.63) is 53.3 Å². The van der Waals surface area contributed by atoms with E-state index in [4.69, 9.17) is 14.0 Å². The number of aromatic nitrogens is 4. The third kappa shape index (κ3) is 6.15. The van der Waals surface area contributed by atoms with Crippen molar-refractivity contribution in [3.63, 3.8) is 0 Å². The molecule has 1 aromatic carbocycles. The van der Waals surface area contributed by atoms with E-state index in [-0.39, 0.29) is 28.8 Å². The van der Waals surface area contributed by atoms with Gasteiger partial charge in [0, 0.05) is 51.2 Å². The predicted octanol–water partition coefficient (Wildman–Crippen LogP) is 2.87. The molecule has 2 aromatic heterocycles. The van der Waals surface area contributed by atoms with Gasteiger partial charge in [-0.1, -0.05) is 10.4 Å². The molecular weight excluding hydrogens is 605 g/mol. The van der Waals surface area contributed by atoms with Gasteiger partial charge < -0.3 is 24.2 Å². The SMILES string of the molecule is CN=S(=O)(C(C)C)N1CCC(c2cc(C[C@H]3O[C@H](CO)[C@H](O)[C@H](n4cc(-c5cc(F)c(F)c(F)c5)nn4)[C@H]3OC)no2)CC1. The van der Waals surface area contributed by atoms with Crippen molar-refractivity contribution in [3.8, 4) is 11.3 Å². The fourth-order valence-corrected chi connectivity index (χ4v) is 8.02. The fraction of sp³-hybridized carbons (Fsp3) is 0.607. The molecule has 0 amide bonds. The van der Waals surface area contributed by atoms with E-state index >= 15 is 0 Å². The number of benzene rings is 1. The maximum absolute atomic E-state index is 13.8. The van der Waals surface area contributed by atoms with Gasteiger partial charge >= 0.3 is 0 Å². The summed E-state index contributed by atoms with van der Waals surface area (Å²) in [5.74, 6) is -3.57. The number of rotatable bonds is 9.